The Bertz CT molecular complexity index is 1240. The van der Waals surface area contributed by atoms with Crippen molar-refractivity contribution in [1.82, 2.24) is 0 Å². The van der Waals surface area contributed by atoms with E-state index < -0.39 is 19.9 Å². The second kappa shape index (κ2) is 47.5. The number of rotatable bonds is 44. The fourth-order valence-corrected chi connectivity index (χ4v) is 6.80. The van der Waals surface area contributed by atoms with Crippen molar-refractivity contribution in [2.24, 2.45) is 5.73 Å². The van der Waals surface area contributed by atoms with Gasteiger partial charge in [0.15, 0.2) is 0 Å². The molecule has 0 amide bonds. The van der Waals surface area contributed by atoms with E-state index in [0.29, 0.717) is 13.0 Å². The minimum atomic E-state index is -4.30. The highest BCUT2D eigenvalue weighted by atomic mass is 31.2. The maximum absolute atomic E-state index is 12.6. The number of hydrogen-bond acceptors (Lipinski definition) is 7. The minimum absolute atomic E-state index is 0.0836. The minimum Gasteiger partial charge on any atom is -0.457 e. The van der Waals surface area contributed by atoms with E-state index in [1.807, 2.05) is 0 Å². The molecule has 0 heterocycles. The van der Waals surface area contributed by atoms with Crippen molar-refractivity contribution < 1.29 is 32.8 Å². The molecule has 0 aromatic carbocycles. The Balaban J connectivity index is 4.08. The van der Waals surface area contributed by atoms with Crippen molar-refractivity contribution >= 4 is 13.8 Å². The lowest BCUT2D eigenvalue weighted by Crippen LogP contribution is -2.28. The zero-order valence-corrected chi connectivity index (χ0v) is 39.1. The van der Waals surface area contributed by atoms with Gasteiger partial charge < -0.3 is 20.1 Å². The average molecular weight is 858 g/mol. The molecule has 8 nitrogen and oxygen atoms in total. The molecule has 0 aliphatic heterocycles. The van der Waals surface area contributed by atoms with Crippen molar-refractivity contribution in [3.8, 4) is 0 Å². The number of allylic oxidation sites excluding steroid dienone is 16. The van der Waals surface area contributed by atoms with E-state index in [4.69, 9.17) is 24.3 Å². The lowest BCUT2D eigenvalue weighted by Gasteiger charge is -2.20. The standard InChI is InChI=1S/C51H88NO7P/c1-3-5-7-9-11-13-15-17-19-21-22-23-24-25-26-27-29-31-33-35-37-39-41-43-46-56-48-50(49-58-60(54,55)57-47-45-52)59-51(53)44-42-40-38-36-34-32-30-28-20-18-16-14-12-10-8-6-4-2/h6,8,12,14-15,17-18,20-22,24-25,30,32,36,38,50H,3-5,7,9-11,13,16,19,23,26-29,31,33-35,37,39-49,52H2,1-2H3,(H,54,55)/b8-6-,14-12-,17-15-,20-18-,22-21-,25-24-,32-30-,38-36-. The van der Waals surface area contributed by atoms with Gasteiger partial charge in [-0.15, -0.1) is 0 Å². The number of carbonyl (C=O) groups is 1. The van der Waals surface area contributed by atoms with Crippen molar-refractivity contribution in [3.05, 3.63) is 97.2 Å². The number of hydrogen-bond donors (Lipinski definition) is 2. The van der Waals surface area contributed by atoms with Gasteiger partial charge in [0.05, 0.1) is 19.8 Å². The van der Waals surface area contributed by atoms with Crippen LogP contribution >= 0.6 is 7.82 Å². The molecule has 0 aromatic heterocycles. The number of ether oxygens (including phenoxy) is 2. The molecule has 0 spiro atoms. The number of unbranched alkanes of at least 4 members (excludes halogenated alkanes) is 15. The molecule has 9 heteroatoms. The summed E-state index contributed by atoms with van der Waals surface area (Å²) in [4.78, 5) is 22.5. The quantitative estimate of drug-likeness (QED) is 0.0269. The summed E-state index contributed by atoms with van der Waals surface area (Å²) >= 11 is 0. The molecule has 344 valence electrons. The molecule has 0 saturated heterocycles. The Kier molecular flexibility index (Phi) is 45.4. The van der Waals surface area contributed by atoms with Gasteiger partial charge >= 0.3 is 13.8 Å². The first kappa shape index (κ1) is 57.4. The summed E-state index contributed by atoms with van der Waals surface area (Å²) in [7, 11) is -4.30. The predicted octanol–water partition coefficient (Wildman–Crippen LogP) is 14.6. The lowest BCUT2D eigenvalue weighted by molar-refractivity contribution is -0.154. The van der Waals surface area contributed by atoms with Crippen LogP contribution in [0.4, 0.5) is 0 Å². The third-order valence-corrected chi connectivity index (χ3v) is 10.5. The number of phosphoric acid groups is 1. The first-order valence-corrected chi connectivity index (χ1v) is 25.2. The molecule has 0 saturated carbocycles. The van der Waals surface area contributed by atoms with Crippen LogP contribution in [0.2, 0.25) is 0 Å². The second-order valence-electron chi connectivity index (χ2n) is 15.2. The van der Waals surface area contributed by atoms with E-state index in [2.05, 4.69) is 111 Å². The Hall–Kier alpha value is -2.58. The van der Waals surface area contributed by atoms with Crippen LogP contribution in [0.25, 0.3) is 0 Å². The molecule has 60 heavy (non-hydrogen) atoms. The zero-order chi connectivity index (χ0) is 43.7. The van der Waals surface area contributed by atoms with Crippen LogP contribution in [0.1, 0.15) is 181 Å². The third kappa shape index (κ3) is 46.5. The molecule has 0 aliphatic rings. The smallest absolute Gasteiger partial charge is 0.457 e. The van der Waals surface area contributed by atoms with Gasteiger partial charge in [0.2, 0.25) is 0 Å². The highest BCUT2D eigenvalue weighted by Crippen LogP contribution is 2.43. The molecule has 2 unspecified atom stereocenters. The zero-order valence-electron chi connectivity index (χ0n) is 38.2. The maximum atomic E-state index is 12.6. The van der Waals surface area contributed by atoms with Gasteiger partial charge in [-0.2, -0.15) is 0 Å². The van der Waals surface area contributed by atoms with E-state index in [9.17, 15) is 14.3 Å². The van der Waals surface area contributed by atoms with E-state index in [1.165, 1.54) is 89.9 Å². The molecule has 2 atom stereocenters. The van der Waals surface area contributed by atoms with E-state index >= 15 is 0 Å². The van der Waals surface area contributed by atoms with Gasteiger partial charge in [-0.1, -0.05) is 182 Å². The van der Waals surface area contributed by atoms with Crippen molar-refractivity contribution in [1.29, 1.82) is 0 Å². The summed E-state index contributed by atoms with van der Waals surface area (Å²) < 4.78 is 33.4. The lowest BCUT2D eigenvalue weighted by atomic mass is 10.1. The van der Waals surface area contributed by atoms with E-state index in [-0.39, 0.29) is 32.8 Å². The van der Waals surface area contributed by atoms with Crippen molar-refractivity contribution in [3.63, 3.8) is 0 Å². The summed E-state index contributed by atoms with van der Waals surface area (Å²) in [6, 6.07) is 0. The van der Waals surface area contributed by atoms with Crippen LogP contribution in [0, 0.1) is 0 Å². The van der Waals surface area contributed by atoms with Gasteiger partial charge in [0.25, 0.3) is 0 Å². The topological polar surface area (TPSA) is 117 Å². The van der Waals surface area contributed by atoms with Crippen LogP contribution in [0.5, 0.6) is 0 Å². The maximum Gasteiger partial charge on any atom is 0.472 e. The molecule has 0 aliphatic carbocycles. The average Bonchev–Trinajstić information content (AvgIpc) is 3.24. The first-order valence-electron chi connectivity index (χ1n) is 23.7. The second-order valence-corrected chi connectivity index (χ2v) is 16.7. The number of esters is 1. The van der Waals surface area contributed by atoms with Gasteiger partial charge in [-0.05, 0) is 89.9 Å². The summed E-state index contributed by atoms with van der Waals surface area (Å²) in [6.07, 6.45) is 63.0. The molecule has 0 aromatic rings. The monoisotopic (exact) mass is 858 g/mol. The largest absolute Gasteiger partial charge is 0.472 e. The molecule has 0 radical (unpaired) electrons. The predicted molar refractivity (Wildman–Crippen MR) is 256 cm³/mol. The fourth-order valence-electron chi connectivity index (χ4n) is 6.04. The Labute approximate surface area is 368 Å². The number of phosphoric ester groups is 1. The normalized spacial score (nSPS) is 14.3. The summed E-state index contributed by atoms with van der Waals surface area (Å²) in [5, 5.41) is 0. The van der Waals surface area contributed by atoms with Gasteiger partial charge in [0.1, 0.15) is 6.10 Å². The Morgan fingerprint density at radius 2 is 0.933 bits per heavy atom. The number of nitrogens with two attached hydrogens (primary N) is 1. The highest BCUT2D eigenvalue weighted by Gasteiger charge is 2.25. The van der Waals surface area contributed by atoms with Crippen molar-refractivity contribution in [2.45, 2.75) is 187 Å². The van der Waals surface area contributed by atoms with E-state index in [0.717, 1.165) is 64.2 Å². The third-order valence-electron chi connectivity index (χ3n) is 9.49. The summed E-state index contributed by atoms with van der Waals surface area (Å²) in [5.74, 6) is -0.392. The van der Waals surface area contributed by atoms with Gasteiger partial charge in [0, 0.05) is 19.6 Å². The Morgan fingerprint density at radius 1 is 0.517 bits per heavy atom. The Morgan fingerprint density at radius 3 is 1.40 bits per heavy atom. The van der Waals surface area contributed by atoms with Crippen LogP contribution < -0.4 is 5.73 Å². The summed E-state index contributed by atoms with van der Waals surface area (Å²) in [5.41, 5.74) is 5.37. The molecule has 0 rings (SSSR count). The highest BCUT2D eigenvalue weighted by molar-refractivity contribution is 7.47. The molecule has 0 bridgehead atoms. The summed E-state index contributed by atoms with van der Waals surface area (Å²) in [6.45, 7) is 4.69. The molecule has 0 fully saturated rings. The van der Waals surface area contributed by atoms with Crippen LogP contribution in [-0.4, -0.2) is 49.9 Å². The molecule has 3 N–H and O–H groups in total. The first-order chi connectivity index (χ1) is 29.4. The van der Waals surface area contributed by atoms with Crippen molar-refractivity contribution in [2.75, 3.05) is 33.0 Å². The van der Waals surface area contributed by atoms with Crippen LogP contribution in [0.15, 0.2) is 97.2 Å². The van der Waals surface area contributed by atoms with Gasteiger partial charge in [-0.25, -0.2) is 4.57 Å². The van der Waals surface area contributed by atoms with E-state index in [1.54, 1.807) is 0 Å². The van der Waals surface area contributed by atoms with Crippen LogP contribution in [0.3, 0.4) is 0 Å². The molecular weight excluding hydrogens is 770 g/mol. The number of carbonyl (C=O) groups excluding carboxylic acids is 1. The fraction of sp³-hybridized carbons (Fsp3) is 0.667. The van der Waals surface area contributed by atoms with Crippen LogP contribution in [-0.2, 0) is 27.9 Å². The molecular formula is C51H88NO7P. The SMILES string of the molecule is CC/C=C\C/C=C\C/C=C\C/C=C\C/C=C\CCCC(=O)OC(COCCCCCCCCCCC/C=C\C/C=C\C/C=C\CCCCCCC)COP(=O)(O)OCCN. The van der Waals surface area contributed by atoms with Gasteiger partial charge in [-0.3, -0.25) is 13.8 Å².